The van der Waals surface area contributed by atoms with Crippen molar-refractivity contribution in [3.05, 3.63) is 78.1 Å². The van der Waals surface area contributed by atoms with Crippen LogP contribution >= 0.6 is 0 Å². The van der Waals surface area contributed by atoms with Crippen LogP contribution in [0, 0.1) is 0 Å². The second kappa shape index (κ2) is 7.33. The first-order valence-electron chi connectivity index (χ1n) is 8.73. The van der Waals surface area contributed by atoms with Gasteiger partial charge in [-0.1, -0.05) is 18.2 Å². The van der Waals surface area contributed by atoms with Crippen LogP contribution in [-0.4, -0.2) is 34.8 Å². The van der Waals surface area contributed by atoms with Gasteiger partial charge in [-0.05, 0) is 42.0 Å². The lowest BCUT2D eigenvalue weighted by atomic mass is 10.1. The van der Waals surface area contributed by atoms with Gasteiger partial charge in [-0.3, -0.25) is 9.69 Å². The molecule has 0 spiro atoms. The van der Waals surface area contributed by atoms with E-state index in [0.717, 1.165) is 16.9 Å². The highest BCUT2D eigenvalue weighted by Gasteiger charge is 2.21. The molecule has 0 atom stereocenters. The van der Waals surface area contributed by atoms with Gasteiger partial charge >= 0.3 is 6.03 Å². The first-order chi connectivity index (χ1) is 13.2. The Kier molecular flexibility index (Phi) is 4.57. The summed E-state index contributed by atoms with van der Waals surface area (Å²) in [6.07, 6.45) is 3.60. The van der Waals surface area contributed by atoms with Crippen LogP contribution in [0.3, 0.4) is 0 Å². The number of benzene rings is 2. The van der Waals surface area contributed by atoms with Crippen LogP contribution < -0.4 is 15.5 Å². The van der Waals surface area contributed by atoms with Gasteiger partial charge in [0.1, 0.15) is 0 Å². The van der Waals surface area contributed by atoms with Crippen LogP contribution in [0.1, 0.15) is 15.9 Å². The SMILES string of the molecule is O=C(NCc1cccc(-n2cccn2)c1)c1cccc(N2CCNC2=O)c1. The van der Waals surface area contributed by atoms with E-state index in [9.17, 15) is 9.59 Å². The smallest absolute Gasteiger partial charge is 0.321 e. The second-order valence-corrected chi connectivity index (χ2v) is 6.24. The summed E-state index contributed by atoms with van der Waals surface area (Å²) in [5.74, 6) is -0.180. The van der Waals surface area contributed by atoms with E-state index in [4.69, 9.17) is 0 Å². The molecule has 27 heavy (non-hydrogen) atoms. The summed E-state index contributed by atoms with van der Waals surface area (Å²) in [7, 11) is 0. The molecule has 1 aromatic heterocycles. The van der Waals surface area contributed by atoms with E-state index in [2.05, 4.69) is 15.7 Å². The molecule has 0 radical (unpaired) electrons. The average Bonchev–Trinajstić information content (AvgIpc) is 3.38. The molecule has 4 rings (SSSR count). The molecule has 0 unspecified atom stereocenters. The topological polar surface area (TPSA) is 79.3 Å². The number of anilines is 1. The van der Waals surface area contributed by atoms with Crippen molar-refractivity contribution in [3.8, 4) is 5.69 Å². The van der Waals surface area contributed by atoms with Crippen LogP contribution in [0.2, 0.25) is 0 Å². The number of rotatable bonds is 5. The standard InChI is InChI=1S/C20H19N5O2/c26-19(16-5-2-6-17(13-16)24-11-9-21-20(24)27)22-14-15-4-1-7-18(12-15)25-10-3-8-23-25/h1-8,10,12-13H,9,11,14H2,(H,21,27)(H,22,26). The van der Waals surface area contributed by atoms with E-state index in [1.54, 1.807) is 34.0 Å². The highest BCUT2D eigenvalue weighted by atomic mass is 16.2. The maximum absolute atomic E-state index is 12.5. The Morgan fingerprint density at radius 1 is 1.11 bits per heavy atom. The summed E-state index contributed by atoms with van der Waals surface area (Å²) >= 11 is 0. The Hall–Kier alpha value is -3.61. The third-order valence-corrected chi connectivity index (χ3v) is 4.41. The molecule has 1 aliphatic rings. The average molecular weight is 361 g/mol. The molecule has 0 saturated carbocycles. The van der Waals surface area contributed by atoms with E-state index in [1.807, 2.05) is 42.6 Å². The molecule has 1 fully saturated rings. The van der Waals surface area contributed by atoms with Gasteiger partial charge < -0.3 is 10.6 Å². The number of carbonyl (C=O) groups excluding carboxylic acids is 2. The maximum atomic E-state index is 12.5. The summed E-state index contributed by atoms with van der Waals surface area (Å²) in [4.78, 5) is 26.0. The summed E-state index contributed by atoms with van der Waals surface area (Å²) < 4.78 is 1.77. The zero-order chi connectivity index (χ0) is 18.6. The highest BCUT2D eigenvalue weighted by molar-refractivity contribution is 5.98. The normalized spacial score (nSPS) is 13.5. The predicted octanol–water partition coefficient (Wildman–Crippen LogP) is 2.33. The lowest BCUT2D eigenvalue weighted by molar-refractivity contribution is 0.0951. The molecule has 2 heterocycles. The lowest BCUT2D eigenvalue weighted by Crippen LogP contribution is -2.28. The van der Waals surface area contributed by atoms with Gasteiger partial charge in [-0.2, -0.15) is 5.10 Å². The number of aromatic nitrogens is 2. The Labute approximate surface area is 156 Å². The van der Waals surface area contributed by atoms with Gasteiger partial charge in [0.05, 0.1) is 5.69 Å². The van der Waals surface area contributed by atoms with Gasteiger partial charge in [-0.25, -0.2) is 9.48 Å². The number of urea groups is 1. The van der Waals surface area contributed by atoms with Crippen LogP contribution in [0.5, 0.6) is 0 Å². The fraction of sp³-hybridized carbons (Fsp3) is 0.150. The number of nitrogens with one attached hydrogen (secondary N) is 2. The number of nitrogens with zero attached hydrogens (tertiary/aromatic N) is 3. The molecule has 7 heteroatoms. The summed E-state index contributed by atoms with van der Waals surface area (Å²) in [5, 5.41) is 9.90. The lowest BCUT2D eigenvalue weighted by Gasteiger charge is -2.15. The van der Waals surface area contributed by atoms with Gasteiger partial charge in [0.25, 0.3) is 5.91 Å². The van der Waals surface area contributed by atoms with Crippen molar-refractivity contribution < 1.29 is 9.59 Å². The molecule has 0 bridgehead atoms. The summed E-state index contributed by atoms with van der Waals surface area (Å²) in [6, 6.07) is 16.7. The van der Waals surface area contributed by atoms with Crippen molar-refractivity contribution in [2.75, 3.05) is 18.0 Å². The molecule has 1 aliphatic heterocycles. The van der Waals surface area contributed by atoms with Crippen LogP contribution in [0.15, 0.2) is 67.0 Å². The maximum Gasteiger partial charge on any atom is 0.321 e. The van der Waals surface area contributed by atoms with E-state index in [0.29, 0.717) is 25.2 Å². The number of carbonyl (C=O) groups is 2. The van der Waals surface area contributed by atoms with Crippen molar-refractivity contribution in [3.63, 3.8) is 0 Å². The Morgan fingerprint density at radius 3 is 2.74 bits per heavy atom. The van der Waals surface area contributed by atoms with Gasteiger partial charge in [0.15, 0.2) is 0 Å². The first-order valence-corrected chi connectivity index (χ1v) is 8.73. The van der Waals surface area contributed by atoms with Gasteiger partial charge in [0, 0.05) is 43.3 Å². The fourth-order valence-electron chi connectivity index (χ4n) is 3.05. The Balaban J connectivity index is 1.44. The molecule has 136 valence electrons. The van der Waals surface area contributed by atoms with E-state index in [-0.39, 0.29) is 11.9 Å². The molecule has 1 saturated heterocycles. The van der Waals surface area contributed by atoms with Crippen LogP contribution in [0.25, 0.3) is 5.69 Å². The third-order valence-electron chi connectivity index (χ3n) is 4.41. The number of hydrogen-bond acceptors (Lipinski definition) is 3. The van der Waals surface area contributed by atoms with Crippen molar-refractivity contribution in [2.24, 2.45) is 0 Å². The number of hydrogen-bond donors (Lipinski definition) is 2. The van der Waals surface area contributed by atoms with Gasteiger partial charge in [0.2, 0.25) is 0 Å². The molecular weight excluding hydrogens is 342 g/mol. The molecule has 0 aliphatic carbocycles. The van der Waals surface area contributed by atoms with Gasteiger partial charge in [-0.15, -0.1) is 0 Å². The minimum Gasteiger partial charge on any atom is -0.348 e. The van der Waals surface area contributed by atoms with Crippen molar-refractivity contribution in [2.45, 2.75) is 6.54 Å². The van der Waals surface area contributed by atoms with Crippen molar-refractivity contribution >= 4 is 17.6 Å². The third kappa shape index (κ3) is 3.67. The van der Waals surface area contributed by atoms with Crippen LogP contribution in [0.4, 0.5) is 10.5 Å². The minimum atomic E-state index is -0.180. The molecule has 2 N–H and O–H groups in total. The summed E-state index contributed by atoms with van der Waals surface area (Å²) in [5.41, 5.74) is 3.16. The van der Waals surface area contributed by atoms with E-state index >= 15 is 0 Å². The largest absolute Gasteiger partial charge is 0.348 e. The fourth-order valence-corrected chi connectivity index (χ4v) is 3.05. The zero-order valence-corrected chi connectivity index (χ0v) is 14.6. The summed E-state index contributed by atoms with van der Waals surface area (Å²) in [6.45, 7) is 1.62. The molecular formula is C20H19N5O2. The monoisotopic (exact) mass is 361 g/mol. The second-order valence-electron chi connectivity index (χ2n) is 6.24. The predicted molar refractivity (Wildman–Crippen MR) is 102 cm³/mol. The quantitative estimate of drug-likeness (QED) is 0.732. The molecule has 3 aromatic rings. The minimum absolute atomic E-state index is 0.136. The molecule has 7 nitrogen and oxygen atoms in total. The Morgan fingerprint density at radius 2 is 1.96 bits per heavy atom. The highest BCUT2D eigenvalue weighted by Crippen LogP contribution is 2.18. The molecule has 2 aromatic carbocycles. The first kappa shape index (κ1) is 16.8. The number of amides is 3. The van der Waals surface area contributed by atoms with Crippen molar-refractivity contribution in [1.82, 2.24) is 20.4 Å². The van der Waals surface area contributed by atoms with E-state index in [1.165, 1.54) is 0 Å². The van der Waals surface area contributed by atoms with Crippen LogP contribution in [-0.2, 0) is 6.54 Å². The zero-order valence-electron chi connectivity index (χ0n) is 14.6. The van der Waals surface area contributed by atoms with Crippen molar-refractivity contribution in [1.29, 1.82) is 0 Å². The molecule has 3 amide bonds. The Bertz CT molecular complexity index is 968. The van der Waals surface area contributed by atoms with E-state index < -0.39 is 0 Å².